The molecule has 2 aliphatic rings. The van der Waals surface area contributed by atoms with Crippen molar-refractivity contribution in [3.05, 3.63) is 18.2 Å². The Balaban J connectivity index is 0.00000363. The van der Waals surface area contributed by atoms with Crippen molar-refractivity contribution < 1.29 is 23.7 Å². The molecule has 1 unspecified atom stereocenters. The first-order valence-electron chi connectivity index (χ1n) is 11.1. The van der Waals surface area contributed by atoms with Gasteiger partial charge in [-0.3, -0.25) is 4.99 Å². The summed E-state index contributed by atoms with van der Waals surface area (Å²) in [6, 6.07) is 5.86. The zero-order valence-electron chi connectivity index (χ0n) is 19.1. The molecule has 182 valence electrons. The van der Waals surface area contributed by atoms with E-state index in [1.807, 2.05) is 18.2 Å². The quantitative estimate of drug-likeness (QED) is 0.194. The van der Waals surface area contributed by atoms with E-state index >= 15 is 0 Å². The number of hydrogen-bond acceptors (Lipinski definition) is 7. The largest absolute Gasteiger partial charge is 0.490 e. The number of benzene rings is 1. The van der Waals surface area contributed by atoms with Crippen molar-refractivity contribution >= 4 is 35.6 Å². The van der Waals surface area contributed by atoms with Crippen LogP contribution in [-0.4, -0.2) is 96.9 Å². The molecule has 0 amide bonds. The van der Waals surface area contributed by atoms with Gasteiger partial charge in [-0.25, -0.2) is 0 Å². The number of nitrogens with one attached hydrogen (secondary N) is 2. The number of halogens is 1. The second kappa shape index (κ2) is 15.5. The summed E-state index contributed by atoms with van der Waals surface area (Å²) in [5.74, 6) is 2.25. The summed E-state index contributed by atoms with van der Waals surface area (Å²) in [6.45, 7) is 7.15. The molecule has 1 aromatic rings. The molecule has 0 aliphatic carbocycles. The lowest BCUT2D eigenvalue weighted by molar-refractivity contribution is -0.0136. The van der Waals surface area contributed by atoms with Gasteiger partial charge < -0.3 is 39.2 Å². The molecule has 2 N–H and O–H groups in total. The molecule has 2 heterocycles. The number of methoxy groups -OCH3 is 1. The fourth-order valence-corrected chi connectivity index (χ4v) is 3.31. The highest BCUT2D eigenvalue weighted by atomic mass is 127. The molecule has 0 bridgehead atoms. The molecule has 0 spiro atoms. The van der Waals surface area contributed by atoms with Crippen LogP contribution in [0.25, 0.3) is 0 Å². The fraction of sp³-hybridized carbons (Fsp3) is 0.682. The minimum Gasteiger partial charge on any atom is -0.490 e. The third-order valence-corrected chi connectivity index (χ3v) is 4.99. The van der Waals surface area contributed by atoms with Crippen molar-refractivity contribution in [3.63, 3.8) is 0 Å². The van der Waals surface area contributed by atoms with E-state index in [1.54, 1.807) is 7.11 Å². The Labute approximate surface area is 208 Å². The van der Waals surface area contributed by atoms with Crippen molar-refractivity contribution in [2.24, 2.45) is 4.99 Å². The second-order valence-electron chi connectivity index (χ2n) is 7.67. The van der Waals surface area contributed by atoms with Gasteiger partial charge in [0.15, 0.2) is 17.5 Å². The summed E-state index contributed by atoms with van der Waals surface area (Å²) < 4.78 is 27.9. The van der Waals surface area contributed by atoms with E-state index in [9.17, 15) is 0 Å². The number of fused-ring (bicyclic) bond motifs is 1. The Kier molecular flexibility index (Phi) is 13.0. The average molecular weight is 564 g/mol. The van der Waals surface area contributed by atoms with E-state index in [0.717, 1.165) is 56.3 Å². The van der Waals surface area contributed by atoms with Crippen LogP contribution in [0.5, 0.6) is 11.5 Å². The Bertz CT molecular complexity index is 694. The molecule has 1 atom stereocenters. The first-order valence-corrected chi connectivity index (χ1v) is 11.1. The Morgan fingerprint density at radius 1 is 1.16 bits per heavy atom. The number of nitrogens with zero attached hydrogens (tertiary/aromatic N) is 2. The van der Waals surface area contributed by atoms with Gasteiger partial charge >= 0.3 is 0 Å². The lowest BCUT2D eigenvalue weighted by Crippen LogP contribution is -2.42. The summed E-state index contributed by atoms with van der Waals surface area (Å²) in [4.78, 5) is 7.03. The number of rotatable bonds is 10. The van der Waals surface area contributed by atoms with E-state index in [4.69, 9.17) is 28.7 Å². The van der Waals surface area contributed by atoms with Crippen LogP contribution in [0.3, 0.4) is 0 Å². The molecule has 1 fully saturated rings. The number of aliphatic imine (C=N–C) groups is 1. The van der Waals surface area contributed by atoms with Gasteiger partial charge in [0.05, 0.1) is 45.7 Å². The van der Waals surface area contributed by atoms with Crippen LogP contribution in [0.1, 0.15) is 12.8 Å². The molecule has 32 heavy (non-hydrogen) atoms. The average Bonchev–Trinajstić information content (AvgIpc) is 3.02. The number of guanidine groups is 1. The van der Waals surface area contributed by atoms with Gasteiger partial charge in [0.25, 0.3) is 0 Å². The molecule has 1 saturated heterocycles. The van der Waals surface area contributed by atoms with Crippen LogP contribution in [0.4, 0.5) is 5.69 Å². The Hall–Kier alpha value is -1.34. The maximum Gasteiger partial charge on any atom is 0.195 e. The Morgan fingerprint density at radius 2 is 2.00 bits per heavy atom. The molecular weight excluding hydrogens is 527 g/mol. The standard InChI is InChI=1S/C22H36N4O5.HI/c1-26-8-12-29-19(17-26)16-24-22(23-7-3-9-28-14-13-27-2)25-18-5-6-20-21(15-18)31-11-4-10-30-20;/h5-6,15,19H,3-4,7-14,16-17H2,1-2H3,(H2,23,24,25);1H. The molecule has 2 aliphatic heterocycles. The smallest absolute Gasteiger partial charge is 0.195 e. The third-order valence-electron chi connectivity index (χ3n) is 4.99. The highest BCUT2D eigenvalue weighted by Crippen LogP contribution is 2.32. The van der Waals surface area contributed by atoms with Gasteiger partial charge in [0, 0.05) is 51.5 Å². The molecule has 1 aromatic carbocycles. The fourth-order valence-electron chi connectivity index (χ4n) is 3.31. The van der Waals surface area contributed by atoms with Crippen LogP contribution in [0.2, 0.25) is 0 Å². The van der Waals surface area contributed by atoms with Crippen LogP contribution >= 0.6 is 24.0 Å². The first kappa shape index (κ1) is 26.9. The van der Waals surface area contributed by atoms with Crippen molar-refractivity contribution in [3.8, 4) is 11.5 Å². The van der Waals surface area contributed by atoms with Gasteiger partial charge in [-0.1, -0.05) is 0 Å². The zero-order valence-corrected chi connectivity index (χ0v) is 21.5. The molecule has 0 aromatic heterocycles. The van der Waals surface area contributed by atoms with Crippen LogP contribution in [0.15, 0.2) is 23.2 Å². The second-order valence-corrected chi connectivity index (χ2v) is 7.67. The van der Waals surface area contributed by atoms with E-state index in [2.05, 4.69) is 22.6 Å². The maximum atomic E-state index is 5.85. The third kappa shape index (κ3) is 9.65. The molecule has 9 nitrogen and oxygen atoms in total. The lowest BCUT2D eigenvalue weighted by atomic mass is 10.2. The van der Waals surface area contributed by atoms with Gasteiger partial charge in [-0.05, 0) is 25.6 Å². The van der Waals surface area contributed by atoms with Crippen molar-refractivity contribution in [1.82, 2.24) is 10.2 Å². The predicted molar refractivity (Wildman–Crippen MR) is 136 cm³/mol. The summed E-state index contributed by atoms with van der Waals surface area (Å²) in [6.07, 6.45) is 1.85. The van der Waals surface area contributed by atoms with E-state index in [1.165, 1.54) is 0 Å². The normalized spacial score (nSPS) is 19.1. The number of ether oxygens (including phenoxy) is 5. The SMILES string of the molecule is COCCOCCCNC(=NCC1CN(C)CCO1)Nc1ccc2c(c1)OCCCO2.I. The van der Waals surface area contributed by atoms with Crippen LogP contribution < -0.4 is 20.1 Å². The van der Waals surface area contributed by atoms with Gasteiger partial charge in [0.2, 0.25) is 0 Å². The number of anilines is 1. The molecular formula is C22H37IN4O5. The molecule has 0 saturated carbocycles. The molecule has 0 radical (unpaired) electrons. The van der Waals surface area contributed by atoms with Gasteiger partial charge in [0.1, 0.15) is 0 Å². The summed E-state index contributed by atoms with van der Waals surface area (Å²) in [5.41, 5.74) is 0.897. The van der Waals surface area contributed by atoms with E-state index < -0.39 is 0 Å². The predicted octanol–water partition coefficient (Wildman–Crippen LogP) is 2.21. The Morgan fingerprint density at radius 3 is 2.81 bits per heavy atom. The number of likely N-dealkylation sites (N-methyl/N-ethyl adjacent to an activating group) is 1. The van der Waals surface area contributed by atoms with E-state index in [-0.39, 0.29) is 30.1 Å². The minimum absolute atomic E-state index is 0. The maximum absolute atomic E-state index is 5.85. The highest BCUT2D eigenvalue weighted by molar-refractivity contribution is 14.0. The topological polar surface area (TPSA) is 85.8 Å². The summed E-state index contributed by atoms with van der Waals surface area (Å²) in [7, 11) is 3.78. The molecule has 10 heteroatoms. The summed E-state index contributed by atoms with van der Waals surface area (Å²) in [5, 5.41) is 6.77. The van der Waals surface area contributed by atoms with E-state index in [0.29, 0.717) is 45.5 Å². The minimum atomic E-state index is 0. The van der Waals surface area contributed by atoms with Crippen molar-refractivity contribution in [2.75, 3.05) is 85.3 Å². The van der Waals surface area contributed by atoms with Crippen LogP contribution in [-0.2, 0) is 14.2 Å². The monoisotopic (exact) mass is 564 g/mol. The van der Waals surface area contributed by atoms with Crippen molar-refractivity contribution in [1.29, 1.82) is 0 Å². The number of hydrogen-bond donors (Lipinski definition) is 2. The van der Waals surface area contributed by atoms with Gasteiger partial charge in [-0.2, -0.15) is 0 Å². The number of morpholine rings is 1. The lowest BCUT2D eigenvalue weighted by Gasteiger charge is -2.29. The van der Waals surface area contributed by atoms with Gasteiger partial charge in [-0.15, -0.1) is 24.0 Å². The molecule has 3 rings (SSSR count). The first-order chi connectivity index (χ1) is 15.2. The highest BCUT2D eigenvalue weighted by Gasteiger charge is 2.17. The van der Waals surface area contributed by atoms with Crippen molar-refractivity contribution in [2.45, 2.75) is 18.9 Å². The van der Waals surface area contributed by atoms with Crippen LogP contribution in [0, 0.1) is 0 Å². The zero-order chi connectivity index (χ0) is 21.7. The summed E-state index contributed by atoms with van der Waals surface area (Å²) >= 11 is 0.